The van der Waals surface area contributed by atoms with Crippen molar-refractivity contribution in [1.82, 2.24) is 25.7 Å². The van der Waals surface area contributed by atoms with Gasteiger partial charge < -0.3 is 15.2 Å². The first kappa shape index (κ1) is 16.4. The Hall–Kier alpha value is -2.41. The van der Waals surface area contributed by atoms with Crippen LogP contribution in [0.5, 0.6) is 0 Å². The second-order valence-electron chi connectivity index (χ2n) is 6.13. The molecule has 0 radical (unpaired) electrons. The van der Waals surface area contributed by atoms with Crippen LogP contribution in [0.1, 0.15) is 36.7 Å². The molecule has 0 saturated carbocycles. The van der Waals surface area contributed by atoms with Crippen molar-refractivity contribution in [3.63, 3.8) is 0 Å². The number of aryl methyl sites for hydroxylation is 1. The molecule has 0 bridgehead atoms. The number of hydrogen-bond donors (Lipinski definition) is 2. The van der Waals surface area contributed by atoms with E-state index in [4.69, 9.17) is 4.52 Å². The lowest BCUT2D eigenvalue weighted by Crippen LogP contribution is -2.43. The van der Waals surface area contributed by atoms with Crippen LogP contribution in [-0.4, -0.2) is 40.2 Å². The van der Waals surface area contributed by atoms with Crippen molar-refractivity contribution in [3.05, 3.63) is 47.6 Å². The third-order valence-electron chi connectivity index (χ3n) is 4.35. The molecule has 2 atom stereocenters. The zero-order valence-electron chi connectivity index (χ0n) is 14.0. The Labute approximate surface area is 141 Å². The van der Waals surface area contributed by atoms with E-state index in [0.29, 0.717) is 17.8 Å². The topological polar surface area (TPSA) is 83.3 Å². The molecule has 2 aromatic rings. The molecule has 1 fully saturated rings. The number of nitrogens with zero attached hydrogens (tertiary/aromatic N) is 3. The summed E-state index contributed by atoms with van der Waals surface area (Å²) in [5.74, 6) is 0.974. The molecule has 2 heterocycles. The van der Waals surface area contributed by atoms with E-state index in [1.54, 1.807) is 6.92 Å². The number of carbonyl (C=O) groups is 1. The van der Waals surface area contributed by atoms with Gasteiger partial charge in [-0.2, -0.15) is 4.98 Å². The first-order valence-corrected chi connectivity index (χ1v) is 8.24. The van der Waals surface area contributed by atoms with Gasteiger partial charge in [-0.05, 0) is 25.8 Å². The predicted octanol–water partition coefficient (Wildman–Crippen LogP) is 2.01. The number of amides is 2. The molecule has 3 rings (SSSR count). The molecule has 128 valence electrons. The SMILES string of the molecule is Cc1noc(CNC(=O)N[C@H]2CCN([C@H](C)c3ccccc3)C2)n1. The molecule has 1 saturated heterocycles. The van der Waals surface area contributed by atoms with Crippen LogP contribution in [0.25, 0.3) is 0 Å². The summed E-state index contributed by atoms with van der Waals surface area (Å²) in [6.45, 7) is 6.01. The number of rotatable bonds is 5. The van der Waals surface area contributed by atoms with Crippen LogP contribution < -0.4 is 10.6 Å². The average Bonchev–Trinajstić information content (AvgIpc) is 3.22. The highest BCUT2D eigenvalue weighted by Crippen LogP contribution is 2.24. The van der Waals surface area contributed by atoms with Crippen LogP contribution in [0.4, 0.5) is 4.79 Å². The number of carbonyl (C=O) groups excluding carboxylic acids is 1. The van der Waals surface area contributed by atoms with E-state index in [2.05, 4.69) is 56.9 Å². The molecule has 2 amide bonds. The van der Waals surface area contributed by atoms with Crippen molar-refractivity contribution < 1.29 is 9.32 Å². The standard InChI is InChI=1S/C17H23N5O2/c1-12(14-6-4-3-5-7-14)22-9-8-15(11-22)20-17(23)18-10-16-19-13(2)21-24-16/h3-7,12,15H,8-11H2,1-2H3,(H2,18,20,23)/t12-,15+/m1/s1. The van der Waals surface area contributed by atoms with Crippen molar-refractivity contribution in [2.75, 3.05) is 13.1 Å². The molecule has 0 spiro atoms. The summed E-state index contributed by atoms with van der Waals surface area (Å²) < 4.78 is 4.97. The summed E-state index contributed by atoms with van der Waals surface area (Å²) >= 11 is 0. The van der Waals surface area contributed by atoms with Crippen LogP contribution in [0.3, 0.4) is 0 Å². The number of hydrogen-bond acceptors (Lipinski definition) is 5. The van der Waals surface area contributed by atoms with E-state index in [1.165, 1.54) is 5.56 Å². The molecule has 7 heteroatoms. The summed E-state index contributed by atoms with van der Waals surface area (Å²) in [6.07, 6.45) is 0.949. The van der Waals surface area contributed by atoms with E-state index in [9.17, 15) is 4.79 Å². The molecule has 0 unspecified atom stereocenters. The molecule has 1 aromatic heterocycles. The number of aromatic nitrogens is 2. The number of benzene rings is 1. The maximum atomic E-state index is 12.0. The maximum absolute atomic E-state index is 12.0. The number of nitrogens with one attached hydrogen (secondary N) is 2. The summed E-state index contributed by atoms with van der Waals surface area (Å²) in [4.78, 5) is 18.4. The van der Waals surface area contributed by atoms with E-state index < -0.39 is 0 Å². The van der Waals surface area contributed by atoms with Gasteiger partial charge in [0.1, 0.15) is 0 Å². The fraction of sp³-hybridized carbons (Fsp3) is 0.471. The van der Waals surface area contributed by atoms with Crippen LogP contribution in [-0.2, 0) is 6.54 Å². The Bertz CT molecular complexity index is 673. The first-order valence-electron chi connectivity index (χ1n) is 8.24. The molecule has 1 aliphatic rings. The Kier molecular flexibility index (Phi) is 5.10. The Balaban J connectivity index is 1.44. The molecule has 24 heavy (non-hydrogen) atoms. The number of urea groups is 1. The van der Waals surface area contributed by atoms with Crippen molar-refractivity contribution >= 4 is 6.03 Å². The first-order chi connectivity index (χ1) is 11.6. The Morgan fingerprint density at radius 3 is 2.92 bits per heavy atom. The largest absolute Gasteiger partial charge is 0.337 e. The van der Waals surface area contributed by atoms with Crippen molar-refractivity contribution in [1.29, 1.82) is 0 Å². The van der Waals surface area contributed by atoms with E-state index in [-0.39, 0.29) is 18.6 Å². The second kappa shape index (κ2) is 7.44. The Morgan fingerprint density at radius 1 is 1.42 bits per heavy atom. The van der Waals surface area contributed by atoms with Crippen LogP contribution >= 0.6 is 0 Å². The lowest BCUT2D eigenvalue weighted by atomic mass is 10.1. The average molecular weight is 329 g/mol. The zero-order valence-corrected chi connectivity index (χ0v) is 14.0. The van der Waals surface area contributed by atoms with E-state index in [0.717, 1.165) is 19.5 Å². The van der Waals surface area contributed by atoms with Gasteiger partial charge in [0.15, 0.2) is 5.82 Å². The van der Waals surface area contributed by atoms with Gasteiger partial charge in [0, 0.05) is 25.2 Å². The maximum Gasteiger partial charge on any atom is 0.315 e. The van der Waals surface area contributed by atoms with E-state index in [1.807, 2.05) is 6.07 Å². The van der Waals surface area contributed by atoms with Crippen molar-refractivity contribution in [3.8, 4) is 0 Å². The molecule has 1 aromatic carbocycles. The van der Waals surface area contributed by atoms with Gasteiger partial charge in [-0.25, -0.2) is 4.79 Å². The van der Waals surface area contributed by atoms with Crippen LogP contribution in [0.2, 0.25) is 0 Å². The van der Waals surface area contributed by atoms with Crippen molar-refractivity contribution in [2.45, 2.75) is 38.9 Å². The smallest absolute Gasteiger partial charge is 0.315 e. The lowest BCUT2D eigenvalue weighted by Gasteiger charge is -2.24. The van der Waals surface area contributed by atoms with Gasteiger partial charge in [-0.1, -0.05) is 35.5 Å². The van der Waals surface area contributed by atoms with Gasteiger partial charge in [0.25, 0.3) is 0 Å². The molecule has 0 aliphatic carbocycles. The number of likely N-dealkylation sites (tertiary alicyclic amines) is 1. The van der Waals surface area contributed by atoms with Crippen LogP contribution in [0.15, 0.2) is 34.9 Å². The fourth-order valence-corrected chi connectivity index (χ4v) is 3.00. The third kappa shape index (κ3) is 4.11. The summed E-state index contributed by atoms with van der Waals surface area (Å²) in [5, 5.41) is 9.45. The van der Waals surface area contributed by atoms with E-state index >= 15 is 0 Å². The summed E-state index contributed by atoms with van der Waals surface area (Å²) in [5.41, 5.74) is 1.30. The van der Waals surface area contributed by atoms with Gasteiger partial charge in [-0.15, -0.1) is 0 Å². The molecule has 1 aliphatic heterocycles. The minimum Gasteiger partial charge on any atom is -0.337 e. The Morgan fingerprint density at radius 2 is 2.21 bits per heavy atom. The highest BCUT2D eigenvalue weighted by atomic mass is 16.5. The minimum atomic E-state index is -0.204. The molecular formula is C17H23N5O2. The quantitative estimate of drug-likeness (QED) is 0.877. The fourth-order valence-electron chi connectivity index (χ4n) is 3.00. The zero-order chi connectivity index (χ0) is 16.9. The van der Waals surface area contributed by atoms with Gasteiger partial charge >= 0.3 is 6.03 Å². The summed E-state index contributed by atoms with van der Waals surface area (Å²) in [6, 6.07) is 10.7. The molecule has 2 N–H and O–H groups in total. The minimum absolute atomic E-state index is 0.153. The second-order valence-corrected chi connectivity index (χ2v) is 6.13. The third-order valence-corrected chi connectivity index (χ3v) is 4.35. The predicted molar refractivity (Wildman–Crippen MR) is 89.2 cm³/mol. The lowest BCUT2D eigenvalue weighted by molar-refractivity contribution is 0.230. The van der Waals surface area contributed by atoms with Gasteiger partial charge in [-0.3, -0.25) is 4.90 Å². The van der Waals surface area contributed by atoms with Gasteiger partial charge in [0.2, 0.25) is 5.89 Å². The molecular weight excluding hydrogens is 306 g/mol. The summed E-state index contributed by atoms with van der Waals surface area (Å²) in [7, 11) is 0. The monoisotopic (exact) mass is 329 g/mol. The van der Waals surface area contributed by atoms with Crippen molar-refractivity contribution in [2.24, 2.45) is 0 Å². The highest BCUT2D eigenvalue weighted by Gasteiger charge is 2.27. The van der Waals surface area contributed by atoms with Crippen LogP contribution in [0, 0.1) is 6.92 Å². The normalized spacial score (nSPS) is 19.2. The highest BCUT2D eigenvalue weighted by molar-refractivity contribution is 5.74. The molecule has 7 nitrogen and oxygen atoms in total. The van der Waals surface area contributed by atoms with Gasteiger partial charge in [0.05, 0.1) is 6.54 Å².